The van der Waals surface area contributed by atoms with E-state index in [1.54, 1.807) is 0 Å². The minimum Gasteiger partial charge on any atom is -0.379 e. The van der Waals surface area contributed by atoms with E-state index in [0.717, 1.165) is 45.1 Å². The number of amides is 1. The number of carbonyl (C=O) groups excluding carboxylic acids is 1. The lowest BCUT2D eigenvalue weighted by molar-refractivity contribution is 0.0342. The molecule has 4 rings (SSSR count). The van der Waals surface area contributed by atoms with E-state index in [9.17, 15) is 4.79 Å². The third kappa shape index (κ3) is 6.16. The Labute approximate surface area is 186 Å². The molecule has 0 spiro atoms. The summed E-state index contributed by atoms with van der Waals surface area (Å²) in [4.78, 5) is 17.9. The van der Waals surface area contributed by atoms with Crippen molar-refractivity contribution in [2.24, 2.45) is 0 Å². The standard InChI is InChI=1S/C26H35N3O2/c1-28(24-11-3-2-4-12-24)20-23-9-5-6-13-25(23)27-26(30)22-10-7-8-21(18-22)19-29-14-16-31-17-15-29/h5-10,13,18,24H,2-4,11-12,14-17,19-20H2,1H3,(H,27,30). The molecule has 1 heterocycles. The summed E-state index contributed by atoms with van der Waals surface area (Å²) < 4.78 is 5.43. The molecule has 0 atom stereocenters. The van der Waals surface area contributed by atoms with Gasteiger partial charge in [-0.1, -0.05) is 49.6 Å². The maximum absolute atomic E-state index is 13.0. The Morgan fingerprint density at radius 2 is 1.84 bits per heavy atom. The summed E-state index contributed by atoms with van der Waals surface area (Å²) >= 11 is 0. The van der Waals surface area contributed by atoms with Crippen LogP contribution in [0, 0.1) is 0 Å². The second-order valence-electron chi connectivity index (χ2n) is 8.91. The summed E-state index contributed by atoms with van der Waals surface area (Å²) in [6.45, 7) is 5.17. The number of nitrogens with one attached hydrogen (secondary N) is 1. The average molecular weight is 422 g/mol. The van der Waals surface area contributed by atoms with Crippen LogP contribution in [0.15, 0.2) is 48.5 Å². The van der Waals surface area contributed by atoms with Gasteiger partial charge < -0.3 is 10.1 Å². The number of hydrogen-bond donors (Lipinski definition) is 1. The van der Waals surface area contributed by atoms with Gasteiger partial charge in [-0.2, -0.15) is 0 Å². The van der Waals surface area contributed by atoms with E-state index in [1.807, 2.05) is 30.3 Å². The van der Waals surface area contributed by atoms with E-state index in [4.69, 9.17) is 4.74 Å². The number of benzene rings is 2. The number of para-hydroxylation sites is 1. The predicted octanol–water partition coefficient (Wildman–Crippen LogP) is 4.54. The summed E-state index contributed by atoms with van der Waals surface area (Å²) in [6.07, 6.45) is 6.58. The molecule has 2 aromatic carbocycles. The first kappa shape index (κ1) is 22.0. The first-order chi connectivity index (χ1) is 15.2. The number of morpholine rings is 1. The van der Waals surface area contributed by atoms with Gasteiger partial charge in [-0.25, -0.2) is 0 Å². The minimum absolute atomic E-state index is 0.0448. The number of nitrogens with zero attached hydrogens (tertiary/aromatic N) is 2. The highest BCUT2D eigenvalue weighted by Crippen LogP contribution is 2.25. The molecule has 1 amide bonds. The maximum Gasteiger partial charge on any atom is 0.255 e. The Bertz CT molecular complexity index is 857. The second kappa shape index (κ2) is 10.9. The Morgan fingerprint density at radius 3 is 2.65 bits per heavy atom. The van der Waals surface area contributed by atoms with Gasteiger partial charge in [0.1, 0.15) is 0 Å². The molecule has 0 radical (unpaired) electrons. The van der Waals surface area contributed by atoms with E-state index in [2.05, 4.69) is 40.4 Å². The lowest BCUT2D eigenvalue weighted by Gasteiger charge is -2.31. The molecular formula is C26H35N3O2. The van der Waals surface area contributed by atoms with Gasteiger partial charge in [-0.3, -0.25) is 14.6 Å². The van der Waals surface area contributed by atoms with Crippen LogP contribution in [-0.4, -0.2) is 55.1 Å². The normalized spacial score (nSPS) is 18.3. The van der Waals surface area contributed by atoms with Crippen LogP contribution in [-0.2, 0) is 17.8 Å². The molecule has 1 aliphatic heterocycles. The van der Waals surface area contributed by atoms with Gasteiger partial charge in [0.25, 0.3) is 5.91 Å². The van der Waals surface area contributed by atoms with E-state index in [1.165, 1.54) is 43.2 Å². The second-order valence-corrected chi connectivity index (χ2v) is 8.91. The van der Waals surface area contributed by atoms with Crippen molar-refractivity contribution >= 4 is 11.6 Å². The van der Waals surface area contributed by atoms with E-state index in [0.29, 0.717) is 11.6 Å². The minimum atomic E-state index is -0.0448. The van der Waals surface area contributed by atoms with Crippen molar-refractivity contribution < 1.29 is 9.53 Å². The van der Waals surface area contributed by atoms with Crippen LogP contribution in [0.1, 0.15) is 53.6 Å². The van der Waals surface area contributed by atoms with Crippen molar-refractivity contribution in [3.8, 4) is 0 Å². The highest BCUT2D eigenvalue weighted by molar-refractivity contribution is 6.04. The van der Waals surface area contributed by atoms with E-state index in [-0.39, 0.29) is 5.91 Å². The van der Waals surface area contributed by atoms with Crippen LogP contribution < -0.4 is 5.32 Å². The third-order valence-corrected chi connectivity index (χ3v) is 6.58. The average Bonchev–Trinajstić information content (AvgIpc) is 2.82. The highest BCUT2D eigenvalue weighted by atomic mass is 16.5. The molecule has 2 fully saturated rings. The first-order valence-electron chi connectivity index (χ1n) is 11.7. The molecule has 5 nitrogen and oxygen atoms in total. The van der Waals surface area contributed by atoms with Crippen molar-refractivity contribution in [2.45, 2.75) is 51.2 Å². The molecule has 1 saturated carbocycles. The number of carbonyl (C=O) groups is 1. The van der Waals surface area contributed by atoms with Crippen LogP contribution in [0.25, 0.3) is 0 Å². The zero-order chi connectivity index (χ0) is 21.5. The summed E-state index contributed by atoms with van der Waals surface area (Å²) in [5, 5.41) is 3.17. The monoisotopic (exact) mass is 421 g/mol. The summed E-state index contributed by atoms with van der Waals surface area (Å²) in [5.74, 6) is -0.0448. The Morgan fingerprint density at radius 1 is 1.06 bits per heavy atom. The van der Waals surface area contributed by atoms with Crippen molar-refractivity contribution in [3.63, 3.8) is 0 Å². The Hall–Kier alpha value is -2.21. The molecule has 1 aliphatic carbocycles. The fourth-order valence-electron chi connectivity index (χ4n) is 4.72. The van der Waals surface area contributed by atoms with Crippen LogP contribution in [0.2, 0.25) is 0 Å². The summed E-state index contributed by atoms with van der Waals surface area (Å²) in [5.41, 5.74) is 3.96. The molecular weight excluding hydrogens is 386 g/mol. The quantitative estimate of drug-likeness (QED) is 0.713. The van der Waals surface area contributed by atoms with Gasteiger partial charge >= 0.3 is 0 Å². The van der Waals surface area contributed by atoms with Gasteiger partial charge in [0.15, 0.2) is 0 Å². The van der Waals surface area contributed by atoms with Crippen molar-refractivity contribution in [3.05, 3.63) is 65.2 Å². The molecule has 31 heavy (non-hydrogen) atoms. The van der Waals surface area contributed by atoms with Gasteiger partial charge in [0.05, 0.1) is 13.2 Å². The van der Waals surface area contributed by atoms with Crippen LogP contribution in [0.3, 0.4) is 0 Å². The molecule has 166 valence electrons. The zero-order valence-electron chi connectivity index (χ0n) is 18.7. The molecule has 0 bridgehead atoms. The maximum atomic E-state index is 13.0. The van der Waals surface area contributed by atoms with Crippen LogP contribution >= 0.6 is 0 Å². The van der Waals surface area contributed by atoms with E-state index >= 15 is 0 Å². The number of hydrogen-bond acceptors (Lipinski definition) is 4. The summed E-state index contributed by atoms with van der Waals surface area (Å²) in [7, 11) is 2.21. The first-order valence-corrected chi connectivity index (χ1v) is 11.7. The lowest BCUT2D eigenvalue weighted by atomic mass is 9.94. The zero-order valence-corrected chi connectivity index (χ0v) is 18.7. The van der Waals surface area contributed by atoms with Crippen molar-refractivity contribution in [1.29, 1.82) is 0 Å². The predicted molar refractivity (Wildman–Crippen MR) is 125 cm³/mol. The van der Waals surface area contributed by atoms with Gasteiger partial charge in [0.2, 0.25) is 0 Å². The molecule has 0 unspecified atom stereocenters. The molecule has 1 N–H and O–H groups in total. The van der Waals surface area contributed by atoms with Gasteiger partial charge in [-0.15, -0.1) is 0 Å². The molecule has 5 heteroatoms. The molecule has 2 aliphatic rings. The van der Waals surface area contributed by atoms with Crippen LogP contribution in [0.4, 0.5) is 5.69 Å². The number of ether oxygens (including phenoxy) is 1. The highest BCUT2D eigenvalue weighted by Gasteiger charge is 2.19. The fraction of sp³-hybridized carbons (Fsp3) is 0.500. The SMILES string of the molecule is CN(Cc1ccccc1NC(=O)c1cccc(CN2CCOCC2)c1)C1CCCCC1. The van der Waals surface area contributed by atoms with Crippen molar-refractivity contribution in [1.82, 2.24) is 9.80 Å². The van der Waals surface area contributed by atoms with Gasteiger partial charge in [0, 0.05) is 43.5 Å². The Kier molecular flexibility index (Phi) is 7.73. The Balaban J connectivity index is 1.41. The molecule has 0 aromatic heterocycles. The summed E-state index contributed by atoms with van der Waals surface area (Å²) in [6, 6.07) is 16.8. The molecule has 2 aromatic rings. The smallest absolute Gasteiger partial charge is 0.255 e. The number of anilines is 1. The van der Waals surface area contributed by atoms with Crippen LogP contribution in [0.5, 0.6) is 0 Å². The number of rotatable bonds is 7. The molecule has 1 saturated heterocycles. The lowest BCUT2D eigenvalue weighted by Crippen LogP contribution is -2.35. The largest absolute Gasteiger partial charge is 0.379 e. The topological polar surface area (TPSA) is 44.8 Å². The fourth-order valence-corrected chi connectivity index (χ4v) is 4.72. The van der Waals surface area contributed by atoms with E-state index < -0.39 is 0 Å². The van der Waals surface area contributed by atoms with Crippen molar-refractivity contribution in [2.75, 3.05) is 38.7 Å². The third-order valence-electron chi connectivity index (χ3n) is 6.58. The van der Waals surface area contributed by atoms with Gasteiger partial charge in [-0.05, 0) is 49.2 Å².